The van der Waals surface area contributed by atoms with Crippen molar-refractivity contribution in [2.24, 2.45) is 11.0 Å². The van der Waals surface area contributed by atoms with Crippen molar-refractivity contribution in [1.29, 1.82) is 0 Å². The highest BCUT2D eigenvalue weighted by molar-refractivity contribution is 5.76. The molecular formula is C12H18N4O. The molecule has 0 N–H and O–H groups in total. The Morgan fingerprint density at radius 1 is 1.59 bits per heavy atom. The predicted molar refractivity (Wildman–Crippen MR) is 65.3 cm³/mol. The van der Waals surface area contributed by atoms with E-state index in [2.05, 4.69) is 16.1 Å². The molecule has 5 nitrogen and oxygen atoms in total. The lowest BCUT2D eigenvalue weighted by atomic mass is 9.82. The maximum Gasteiger partial charge on any atom is 0.222 e. The van der Waals surface area contributed by atoms with E-state index in [1.165, 1.54) is 18.4 Å². The Morgan fingerprint density at radius 3 is 3.29 bits per heavy atom. The maximum atomic E-state index is 11.9. The third-order valence-electron chi connectivity index (χ3n) is 3.65. The normalized spacial score (nSPS) is 23.4. The first kappa shape index (κ1) is 12.0. The van der Waals surface area contributed by atoms with E-state index < -0.39 is 0 Å². The minimum absolute atomic E-state index is 0.113. The van der Waals surface area contributed by atoms with E-state index in [9.17, 15) is 4.79 Å². The molecule has 0 aromatic carbocycles. The zero-order chi connectivity index (χ0) is 12.1. The summed E-state index contributed by atoms with van der Waals surface area (Å²) >= 11 is 0. The molecule has 0 aromatic rings. The summed E-state index contributed by atoms with van der Waals surface area (Å²) in [6.45, 7) is 1.92. The van der Waals surface area contributed by atoms with Gasteiger partial charge in [0.05, 0.1) is 0 Å². The molecule has 1 unspecified atom stereocenters. The molecule has 1 saturated heterocycles. The molecule has 0 radical (unpaired) electrons. The topological polar surface area (TPSA) is 69.1 Å². The summed E-state index contributed by atoms with van der Waals surface area (Å²) in [6.07, 6.45) is 7.47. The number of allylic oxidation sites excluding steroid dienone is 1. The molecular weight excluding hydrogens is 216 g/mol. The van der Waals surface area contributed by atoms with Crippen molar-refractivity contribution in [3.8, 4) is 0 Å². The largest absolute Gasteiger partial charge is 0.339 e. The van der Waals surface area contributed by atoms with Gasteiger partial charge in [-0.1, -0.05) is 16.8 Å². The highest BCUT2D eigenvalue weighted by Crippen LogP contribution is 2.31. The fourth-order valence-corrected chi connectivity index (χ4v) is 2.70. The van der Waals surface area contributed by atoms with E-state index in [1.54, 1.807) is 0 Å². The van der Waals surface area contributed by atoms with E-state index in [-0.39, 0.29) is 12.5 Å². The van der Waals surface area contributed by atoms with E-state index in [0.717, 1.165) is 25.9 Å². The number of fused-ring (bicyclic) bond motifs is 1. The Kier molecular flexibility index (Phi) is 4.04. The Balaban J connectivity index is 1.88. The van der Waals surface area contributed by atoms with Crippen molar-refractivity contribution < 1.29 is 4.79 Å². The van der Waals surface area contributed by atoms with E-state index >= 15 is 0 Å². The van der Waals surface area contributed by atoms with Crippen molar-refractivity contribution in [1.82, 2.24) is 4.90 Å². The Labute approximate surface area is 101 Å². The minimum Gasteiger partial charge on any atom is -0.339 e. The Morgan fingerprint density at radius 2 is 2.47 bits per heavy atom. The molecule has 1 fully saturated rings. The standard InChI is InChI=1S/C12H18N4O/c13-15-14-7-5-12(17)16-8-6-10-3-1-2-4-11(10)9-16/h4,10H,1-3,5-9H2. The minimum atomic E-state index is 0.113. The van der Waals surface area contributed by atoms with Crippen LogP contribution in [0.5, 0.6) is 0 Å². The molecule has 5 heteroatoms. The molecule has 1 aliphatic carbocycles. The number of carbonyl (C=O) groups excluding carboxylic acids is 1. The molecule has 2 rings (SSSR count). The quantitative estimate of drug-likeness (QED) is 0.320. The highest BCUT2D eigenvalue weighted by atomic mass is 16.2. The number of amides is 1. The lowest BCUT2D eigenvalue weighted by Crippen LogP contribution is -2.40. The predicted octanol–water partition coefficient (Wildman–Crippen LogP) is 2.65. The van der Waals surface area contributed by atoms with Gasteiger partial charge in [-0.25, -0.2) is 0 Å². The van der Waals surface area contributed by atoms with E-state index in [1.807, 2.05) is 4.90 Å². The fourth-order valence-electron chi connectivity index (χ4n) is 2.70. The van der Waals surface area contributed by atoms with Gasteiger partial charge >= 0.3 is 0 Å². The zero-order valence-electron chi connectivity index (χ0n) is 10.0. The molecule has 1 atom stereocenters. The molecule has 0 saturated carbocycles. The van der Waals surface area contributed by atoms with E-state index in [0.29, 0.717) is 12.3 Å². The average molecular weight is 234 g/mol. The second kappa shape index (κ2) is 5.73. The smallest absolute Gasteiger partial charge is 0.222 e. The summed E-state index contributed by atoms with van der Waals surface area (Å²) in [7, 11) is 0. The fraction of sp³-hybridized carbons (Fsp3) is 0.750. The van der Waals surface area contributed by atoms with E-state index in [4.69, 9.17) is 5.53 Å². The number of azide groups is 1. The van der Waals surface area contributed by atoms with Crippen molar-refractivity contribution in [2.45, 2.75) is 32.1 Å². The first-order valence-corrected chi connectivity index (χ1v) is 6.29. The Bertz CT molecular complexity index is 371. The van der Waals surface area contributed by atoms with Gasteiger partial charge in [0.2, 0.25) is 5.91 Å². The molecule has 2 aliphatic rings. The van der Waals surface area contributed by atoms with Gasteiger partial charge in [0.1, 0.15) is 0 Å². The van der Waals surface area contributed by atoms with Crippen LogP contribution in [0.25, 0.3) is 10.4 Å². The van der Waals surface area contributed by atoms with Crippen LogP contribution in [0.1, 0.15) is 32.1 Å². The summed E-state index contributed by atoms with van der Waals surface area (Å²) in [5, 5.41) is 3.41. The van der Waals surface area contributed by atoms with Crippen LogP contribution in [-0.2, 0) is 4.79 Å². The number of carbonyl (C=O) groups is 1. The third-order valence-corrected chi connectivity index (χ3v) is 3.65. The van der Waals surface area contributed by atoms with Gasteiger partial charge in [-0.15, -0.1) is 0 Å². The lowest BCUT2D eigenvalue weighted by Gasteiger charge is -2.36. The van der Waals surface area contributed by atoms with Gasteiger partial charge < -0.3 is 4.90 Å². The zero-order valence-corrected chi connectivity index (χ0v) is 10.0. The van der Waals surface area contributed by atoms with Crippen molar-refractivity contribution >= 4 is 5.91 Å². The highest BCUT2D eigenvalue weighted by Gasteiger charge is 2.27. The summed E-state index contributed by atoms with van der Waals surface area (Å²) < 4.78 is 0. The summed E-state index contributed by atoms with van der Waals surface area (Å²) in [6, 6.07) is 0. The van der Waals surface area contributed by atoms with Crippen LogP contribution in [-0.4, -0.2) is 30.4 Å². The van der Waals surface area contributed by atoms with Crippen LogP contribution in [0.2, 0.25) is 0 Å². The molecule has 0 aromatic heterocycles. The summed E-state index contributed by atoms with van der Waals surface area (Å²) in [4.78, 5) is 16.4. The molecule has 1 heterocycles. The maximum absolute atomic E-state index is 11.9. The van der Waals surface area contributed by atoms with Gasteiger partial charge in [0.15, 0.2) is 0 Å². The van der Waals surface area contributed by atoms with Crippen LogP contribution in [0, 0.1) is 5.92 Å². The third kappa shape index (κ3) is 3.01. The van der Waals surface area contributed by atoms with Gasteiger partial charge in [0.25, 0.3) is 0 Å². The van der Waals surface area contributed by atoms with Gasteiger partial charge in [-0.05, 0) is 37.1 Å². The van der Waals surface area contributed by atoms with Gasteiger partial charge in [-0.2, -0.15) is 0 Å². The number of hydrogen-bond acceptors (Lipinski definition) is 2. The summed E-state index contributed by atoms with van der Waals surface area (Å²) in [5.41, 5.74) is 9.61. The number of rotatable bonds is 3. The second-order valence-electron chi connectivity index (χ2n) is 4.72. The monoisotopic (exact) mass is 234 g/mol. The van der Waals surface area contributed by atoms with Crippen LogP contribution >= 0.6 is 0 Å². The molecule has 0 bridgehead atoms. The van der Waals surface area contributed by atoms with Crippen LogP contribution in [0.3, 0.4) is 0 Å². The number of likely N-dealkylation sites (tertiary alicyclic amines) is 1. The SMILES string of the molecule is [N-]=[N+]=NCCC(=O)N1CCC2CCCC=C2C1. The molecule has 17 heavy (non-hydrogen) atoms. The number of nitrogens with zero attached hydrogens (tertiary/aromatic N) is 4. The second-order valence-corrected chi connectivity index (χ2v) is 4.72. The molecule has 1 amide bonds. The van der Waals surface area contributed by atoms with Gasteiger partial charge in [0, 0.05) is 31.0 Å². The average Bonchev–Trinajstić information content (AvgIpc) is 2.38. The first-order chi connectivity index (χ1) is 8.31. The van der Waals surface area contributed by atoms with Crippen LogP contribution in [0.4, 0.5) is 0 Å². The molecule has 1 aliphatic heterocycles. The van der Waals surface area contributed by atoms with Crippen molar-refractivity contribution in [3.05, 3.63) is 22.1 Å². The summed E-state index contributed by atoms with van der Waals surface area (Å²) in [5.74, 6) is 0.826. The molecule has 92 valence electrons. The number of piperidine rings is 1. The first-order valence-electron chi connectivity index (χ1n) is 6.29. The molecule has 0 spiro atoms. The number of hydrogen-bond donors (Lipinski definition) is 0. The van der Waals surface area contributed by atoms with Crippen LogP contribution in [0.15, 0.2) is 16.8 Å². The lowest BCUT2D eigenvalue weighted by molar-refractivity contribution is -0.131. The van der Waals surface area contributed by atoms with Crippen LogP contribution < -0.4 is 0 Å². The van der Waals surface area contributed by atoms with Crippen molar-refractivity contribution in [2.75, 3.05) is 19.6 Å². The van der Waals surface area contributed by atoms with Gasteiger partial charge in [-0.3, -0.25) is 4.79 Å². The Hall–Kier alpha value is -1.48. The van der Waals surface area contributed by atoms with Crippen molar-refractivity contribution in [3.63, 3.8) is 0 Å².